The highest BCUT2D eigenvalue weighted by Crippen LogP contribution is 2.25. The van der Waals surface area contributed by atoms with Crippen molar-refractivity contribution in [1.29, 1.82) is 0 Å². The molecule has 0 bridgehead atoms. The minimum Gasteiger partial charge on any atom is -0.310 e. The molecular weight excluding hydrogens is 260 g/mol. The summed E-state index contributed by atoms with van der Waals surface area (Å²) in [5, 5.41) is 8.31. The topological polar surface area (TPSA) is 72.2 Å². The van der Waals surface area contributed by atoms with E-state index in [1.807, 2.05) is 0 Å². The SMILES string of the molecule is CC(NCCCS(N)(=O)=O)c1ccc2c(c1)CCC2. The lowest BCUT2D eigenvalue weighted by Gasteiger charge is -2.15. The van der Waals surface area contributed by atoms with E-state index in [9.17, 15) is 8.42 Å². The van der Waals surface area contributed by atoms with E-state index in [4.69, 9.17) is 5.14 Å². The summed E-state index contributed by atoms with van der Waals surface area (Å²) in [7, 11) is -3.33. The Morgan fingerprint density at radius 1 is 1.32 bits per heavy atom. The Balaban J connectivity index is 1.85. The van der Waals surface area contributed by atoms with E-state index in [0.29, 0.717) is 13.0 Å². The Hall–Kier alpha value is -0.910. The van der Waals surface area contributed by atoms with E-state index in [-0.39, 0.29) is 11.8 Å². The Labute approximate surface area is 115 Å². The second-order valence-corrected chi connectivity index (χ2v) is 7.01. The molecule has 0 heterocycles. The largest absolute Gasteiger partial charge is 0.310 e. The second kappa shape index (κ2) is 6.03. The van der Waals surface area contributed by atoms with Crippen LogP contribution in [0.3, 0.4) is 0 Å². The molecule has 0 spiro atoms. The standard InChI is InChI=1S/C14H22N2O2S/c1-11(16-8-3-9-19(15,17)18)13-7-6-12-4-2-5-14(12)10-13/h6-7,10-11,16H,2-5,8-9H2,1H3,(H2,15,17,18). The summed E-state index contributed by atoms with van der Waals surface area (Å²) in [6, 6.07) is 6.91. The van der Waals surface area contributed by atoms with Gasteiger partial charge in [0.15, 0.2) is 0 Å². The van der Waals surface area contributed by atoms with Crippen LogP contribution in [-0.2, 0) is 22.9 Å². The lowest BCUT2D eigenvalue weighted by atomic mass is 10.0. The molecular formula is C14H22N2O2S. The number of hydrogen-bond acceptors (Lipinski definition) is 3. The third kappa shape index (κ3) is 4.30. The highest BCUT2D eigenvalue weighted by Gasteiger charge is 2.13. The van der Waals surface area contributed by atoms with Gasteiger partial charge in [0.05, 0.1) is 5.75 Å². The molecule has 5 heteroatoms. The molecule has 106 valence electrons. The van der Waals surface area contributed by atoms with Crippen molar-refractivity contribution >= 4 is 10.0 Å². The van der Waals surface area contributed by atoms with Crippen LogP contribution in [0.4, 0.5) is 0 Å². The Bertz CT molecular complexity index is 540. The van der Waals surface area contributed by atoms with Crippen molar-refractivity contribution in [2.24, 2.45) is 5.14 Å². The molecule has 0 aliphatic heterocycles. The lowest BCUT2D eigenvalue weighted by molar-refractivity contribution is 0.560. The van der Waals surface area contributed by atoms with Crippen LogP contribution in [-0.4, -0.2) is 20.7 Å². The van der Waals surface area contributed by atoms with Crippen LogP contribution < -0.4 is 10.5 Å². The number of hydrogen-bond donors (Lipinski definition) is 2. The van der Waals surface area contributed by atoms with Crippen molar-refractivity contribution in [2.75, 3.05) is 12.3 Å². The number of aryl methyl sites for hydroxylation is 2. The lowest BCUT2D eigenvalue weighted by Crippen LogP contribution is -2.24. The van der Waals surface area contributed by atoms with Gasteiger partial charge in [0.25, 0.3) is 0 Å². The number of nitrogens with one attached hydrogen (secondary N) is 1. The summed E-state index contributed by atoms with van der Waals surface area (Å²) in [6.45, 7) is 2.77. The Morgan fingerprint density at radius 2 is 2.05 bits per heavy atom. The first-order chi connectivity index (χ1) is 8.96. The predicted molar refractivity (Wildman–Crippen MR) is 77.5 cm³/mol. The highest BCUT2D eigenvalue weighted by atomic mass is 32.2. The number of benzene rings is 1. The van der Waals surface area contributed by atoms with Crippen molar-refractivity contribution in [3.8, 4) is 0 Å². The molecule has 0 amide bonds. The zero-order valence-corrected chi connectivity index (χ0v) is 12.2. The molecule has 1 atom stereocenters. The molecule has 1 aromatic carbocycles. The molecule has 1 aliphatic rings. The molecule has 0 radical (unpaired) electrons. The van der Waals surface area contributed by atoms with Gasteiger partial charge in [-0.2, -0.15) is 0 Å². The van der Waals surface area contributed by atoms with Crippen molar-refractivity contribution < 1.29 is 8.42 Å². The summed E-state index contributed by atoms with van der Waals surface area (Å²) >= 11 is 0. The van der Waals surface area contributed by atoms with Gasteiger partial charge in [-0.25, -0.2) is 13.6 Å². The highest BCUT2D eigenvalue weighted by molar-refractivity contribution is 7.89. The molecule has 3 N–H and O–H groups in total. The maximum atomic E-state index is 10.8. The van der Waals surface area contributed by atoms with Gasteiger partial charge in [-0.3, -0.25) is 0 Å². The first kappa shape index (κ1) is 14.5. The fraction of sp³-hybridized carbons (Fsp3) is 0.571. The van der Waals surface area contributed by atoms with Gasteiger partial charge >= 0.3 is 0 Å². The van der Waals surface area contributed by atoms with E-state index in [1.54, 1.807) is 0 Å². The van der Waals surface area contributed by atoms with Crippen LogP contribution in [0.5, 0.6) is 0 Å². The summed E-state index contributed by atoms with van der Waals surface area (Å²) < 4.78 is 21.6. The second-order valence-electron chi connectivity index (χ2n) is 5.28. The third-order valence-electron chi connectivity index (χ3n) is 3.68. The fourth-order valence-electron chi connectivity index (χ4n) is 2.57. The van der Waals surface area contributed by atoms with Gasteiger partial charge in [0.1, 0.15) is 0 Å². The summed E-state index contributed by atoms with van der Waals surface area (Å²) in [5.74, 6) is 0.0386. The van der Waals surface area contributed by atoms with E-state index < -0.39 is 10.0 Å². The van der Waals surface area contributed by atoms with Gasteiger partial charge in [0, 0.05) is 6.04 Å². The van der Waals surface area contributed by atoms with Crippen LogP contribution in [0.25, 0.3) is 0 Å². The molecule has 1 aromatic rings. The monoisotopic (exact) mass is 282 g/mol. The summed E-state index contributed by atoms with van der Waals surface area (Å²) in [4.78, 5) is 0. The molecule has 0 saturated heterocycles. The zero-order valence-electron chi connectivity index (χ0n) is 11.4. The predicted octanol–water partition coefficient (Wildman–Crippen LogP) is 1.50. The van der Waals surface area contributed by atoms with Crippen LogP contribution in [0.1, 0.15) is 42.5 Å². The molecule has 19 heavy (non-hydrogen) atoms. The fourth-order valence-corrected chi connectivity index (χ4v) is 3.12. The Morgan fingerprint density at radius 3 is 2.79 bits per heavy atom. The summed E-state index contributed by atoms with van der Waals surface area (Å²) in [6.07, 6.45) is 4.19. The molecule has 1 aliphatic carbocycles. The molecule has 0 saturated carbocycles. The number of nitrogens with two attached hydrogens (primary N) is 1. The van der Waals surface area contributed by atoms with Crippen LogP contribution in [0.15, 0.2) is 18.2 Å². The third-order valence-corrected chi connectivity index (χ3v) is 4.54. The molecule has 2 rings (SSSR count). The number of fused-ring (bicyclic) bond motifs is 1. The first-order valence-electron chi connectivity index (χ1n) is 6.81. The number of primary sulfonamides is 1. The quantitative estimate of drug-likeness (QED) is 0.777. The van der Waals surface area contributed by atoms with Gasteiger partial charge in [0.2, 0.25) is 10.0 Å². The maximum absolute atomic E-state index is 10.8. The molecule has 4 nitrogen and oxygen atoms in total. The van der Waals surface area contributed by atoms with Crippen LogP contribution >= 0.6 is 0 Å². The van der Waals surface area contributed by atoms with Crippen molar-refractivity contribution in [1.82, 2.24) is 5.32 Å². The van der Waals surface area contributed by atoms with E-state index in [1.165, 1.54) is 36.0 Å². The number of sulfonamides is 1. The van der Waals surface area contributed by atoms with Gasteiger partial charge in [-0.05, 0) is 55.8 Å². The molecule has 1 unspecified atom stereocenters. The minimum atomic E-state index is -3.33. The van der Waals surface area contributed by atoms with Crippen LogP contribution in [0, 0.1) is 0 Å². The normalized spacial score (nSPS) is 16.3. The number of rotatable bonds is 6. The minimum absolute atomic E-state index is 0.0386. The van der Waals surface area contributed by atoms with Gasteiger partial charge in [-0.15, -0.1) is 0 Å². The molecule has 0 fully saturated rings. The first-order valence-corrected chi connectivity index (χ1v) is 8.53. The average Bonchev–Trinajstić information content (AvgIpc) is 2.80. The van der Waals surface area contributed by atoms with Crippen molar-refractivity contribution in [2.45, 2.75) is 38.6 Å². The van der Waals surface area contributed by atoms with E-state index in [2.05, 4.69) is 30.4 Å². The summed E-state index contributed by atoms with van der Waals surface area (Å²) in [5.41, 5.74) is 4.22. The maximum Gasteiger partial charge on any atom is 0.209 e. The van der Waals surface area contributed by atoms with Crippen LogP contribution in [0.2, 0.25) is 0 Å². The van der Waals surface area contributed by atoms with Gasteiger partial charge < -0.3 is 5.32 Å². The van der Waals surface area contributed by atoms with E-state index in [0.717, 1.165) is 0 Å². The van der Waals surface area contributed by atoms with Crippen molar-refractivity contribution in [3.63, 3.8) is 0 Å². The van der Waals surface area contributed by atoms with Gasteiger partial charge in [-0.1, -0.05) is 18.2 Å². The molecule has 0 aromatic heterocycles. The van der Waals surface area contributed by atoms with Crippen molar-refractivity contribution in [3.05, 3.63) is 34.9 Å². The Kier molecular flexibility index (Phi) is 4.60. The smallest absolute Gasteiger partial charge is 0.209 e. The zero-order chi connectivity index (χ0) is 13.9. The van der Waals surface area contributed by atoms with E-state index >= 15 is 0 Å². The average molecular weight is 282 g/mol.